The van der Waals surface area contributed by atoms with Gasteiger partial charge in [-0.2, -0.15) is 0 Å². The molecule has 0 spiro atoms. The lowest BCUT2D eigenvalue weighted by Crippen LogP contribution is -2.38. The van der Waals surface area contributed by atoms with E-state index >= 15 is 0 Å². The number of benzene rings is 1. The molecule has 0 bridgehead atoms. The topological polar surface area (TPSA) is 112 Å². The molecule has 0 saturated carbocycles. The number of aromatic nitrogens is 2. The third-order valence-corrected chi connectivity index (χ3v) is 4.83. The number of aromatic carboxylic acids is 1. The third-order valence-electron chi connectivity index (χ3n) is 4.83. The lowest BCUT2D eigenvalue weighted by atomic mass is 9.97. The molecule has 8 heteroatoms. The van der Waals surface area contributed by atoms with Crippen molar-refractivity contribution >= 4 is 11.9 Å². The number of aromatic amines is 1. The molecule has 0 unspecified atom stereocenters. The molecule has 27 heavy (non-hydrogen) atoms. The van der Waals surface area contributed by atoms with Crippen LogP contribution in [0, 0.1) is 12.8 Å². The van der Waals surface area contributed by atoms with E-state index < -0.39 is 17.2 Å². The fourth-order valence-electron chi connectivity index (χ4n) is 3.37. The SMILES string of the molecule is Cc1cn(CC(=O)N2CC[C@H](Cc3cccc(C(=O)O)c3)C2)c(=O)[nH]c1=O. The number of hydrogen-bond acceptors (Lipinski definition) is 4. The number of likely N-dealkylation sites (tertiary alicyclic amines) is 1. The first kappa shape index (κ1) is 18.6. The Morgan fingerprint density at radius 2 is 2.07 bits per heavy atom. The molecule has 1 aliphatic heterocycles. The monoisotopic (exact) mass is 371 g/mol. The van der Waals surface area contributed by atoms with Gasteiger partial charge in [0.05, 0.1) is 5.56 Å². The molecule has 2 N–H and O–H groups in total. The van der Waals surface area contributed by atoms with E-state index in [0.29, 0.717) is 25.1 Å². The molecule has 1 fully saturated rings. The summed E-state index contributed by atoms with van der Waals surface area (Å²) in [5, 5.41) is 9.08. The third kappa shape index (κ3) is 4.33. The van der Waals surface area contributed by atoms with Gasteiger partial charge < -0.3 is 10.0 Å². The zero-order valence-electron chi connectivity index (χ0n) is 15.0. The number of carbonyl (C=O) groups excluding carboxylic acids is 1. The first-order chi connectivity index (χ1) is 12.8. The predicted molar refractivity (Wildman–Crippen MR) is 97.9 cm³/mol. The Bertz CT molecular complexity index is 991. The zero-order valence-corrected chi connectivity index (χ0v) is 15.0. The molecular weight excluding hydrogens is 350 g/mol. The normalized spacial score (nSPS) is 16.5. The molecular formula is C19H21N3O5. The number of nitrogens with one attached hydrogen (secondary N) is 1. The van der Waals surface area contributed by atoms with Crippen LogP contribution in [0.4, 0.5) is 0 Å². The molecule has 3 rings (SSSR count). The van der Waals surface area contributed by atoms with Crippen LogP contribution in [0.5, 0.6) is 0 Å². The molecule has 0 radical (unpaired) electrons. The van der Waals surface area contributed by atoms with E-state index in [1.165, 1.54) is 10.8 Å². The van der Waals surface area contributed by atoms with Gasteiger partial charge in [-0.15, -0.1) is 0 Å². The van der Waals surface area contributed by atoms with Crippen molar-refractivity contribution in [2.75, 3.05) is 13.1 Å². The van der Waals surface area contributed by atoms with Crippen LogP contribution in [-0.4, -0.2) is 44.5 Å². The number of carboxylic acid groups (broad SMARTS) is 1. The van der Waals surface area contributed by atoms with Gasteiger partial charge in [-0.25, -0.2) is 9.59 Å². The molecule has 142 valence electrons. The Morgan fingerprint density at radius 1 is 1.30 bits per heavy atom. The van der Waals surface area contributed by atoms with Crippen molar-refractivity contribution in [3.05, 3.63) is 68.0 Å². The second kappa shape index (κ2) is 7.61. The van der Waals surface area contributed by atoms with E-state index in [4.69, 9.17) is 5.11 Å². The van der Waals surface area contributed by atoms with Crippen LogP contribution >= 0.6 is 0 Å². The summed E-state index contributed by atoms with van der Waals surface area (Å²) in [4.78, 5) is 50.7. The number of H-pyrrole nitrogens is 1. The minimum atomic E-state index is -0.957. The van der Waals surface area contributed by atoms with Crippen LogP contribution in [0.3, 0.4) is 0 Å². The van der Waals surface area contributed by atoms with Crippen LogP contribution in [0.2, 0.25) is 0 Å². The molecule has 1 aliphatic rings. The van der Waals surface area contributed by atoms with E-state index in [2.05, 4.69) is 4.98 Å². The first-order valence-corrected chi connectivity index (χ1v) is 8.74. The number of aryl methyl sites for hydroxylation is 1. The van der Waals surface area contributed by atoms with Gasteiger partial charge in [0.2, 0.25) is 5.91 Å². The molecule has 1 aromatic heterocycles. The lowest BCUT2D eigenvalue weighted by molar-refractivity contribution is -0.131. The number of hydrogen-bond donors (Lipinski definition) is 2. The van der Waals surface area contributed by atoms with Crippen molar-refractivity contribution in [3.63, 3.8) is 0 Å². The zero-order chi connectivity index (χ0) is 19.6. The highest BCUT2D eigenvalue weighted by molar-refractivity contribution is 5.87. The Morgan fingerprint density at radius 3 is 2.81 bits per heavy atom. The van der Waals surface area contributed by atoms with Crippen molar-refractivity contribution in [2.24, 2.45) is 5.92 Å². The highest BCUT2D eigenvalue weighted by Crippen LogP contribution is 2.21. The smallest absolute Gasteiger partial charge is 0.335 e. The molecule has 2 aromatic rings. The van der Waals surface area contributed by atoms with Gasteiger partial charge in [0.25, 0.3) is 5.56 Å². The summed E-state index contributed by atoms with van der Waals surface area (Å²) in [5.41, 5.74) is 0.515. The fourth-order valence-corrected chi connectivity index (χ4v) is 3.37. The van der Waals surface area contributed by atoms with Crippen molar-refractivity contribution in [2.45, 2.75) is 26.3 Å². The van der Waals surface area contributed by atoms with Gasteiger partial charge in [0, 0.05) is 24.8 Å². The number of carboxylic acids is 1. The summed E-state index contributed by atoms with van der Waals surface area (Å²) in [7, 11) is 0. The van der Waals surface area contributed by atoms with Crippen LogP contribution in [0.15, 0.2) is 40.1 Å². The maximum absolute atomic E-state index is 12.5. The lowest BCUT2D eigenvalue weighted by Gasteiger charge is -2.17. The quantitative estimate of drug-likeness (QED) is 0.801. The number of rotatable bonds is 5. The average molecular weight is 371 g/mol. The average Bonchev–Trinajstić information content (AvgIpc) is 3.08. The van der Waals surface area contributed by atoms with E-state index in [1.54, 1.807) is 30.0 Å². The minimum Gasteiger partial charge on any atom is -0.478 e. The van der Waals surface area contributed by atoms with Gasteiger partial charge in [-0.3, -0.25) is 19.1 Å². The number of nitrogens with zero attached hydrogens (tertiary/aromatic N) is 2. The summed E-state index contributed by atoms with van der Waals surface area (Å²) in [6.45, 7) is 2.63. The van der Waals surface area contributed by atoms with Crippen molar-refractivity contribution in [1.29, 1.82) is 0 Å². The van der Waals surface area contributed by atoms with Gasteiger partial charge in [0.1, 0.15) is 6.54 Å². The highest BCUT2D eigenvalue weighted by atomic mass is 16.4. The Kier molecular flexibility index (Phi) is 5.25. The molecule has 2 heterocycles. The standard InChI is InChI=1S/C19H21N3O5/c1-12-9-22(19(27)20-17(12)24)11-16(23)21-6-5-14(10-21)7-13-3-2-4-15(8-13)18(25)26/h2-4,8-9,14H,5-7,10-11H2,1H3,(H,25,26)(H,20,24,27)/t14-/m1/s1. The molecule has 1 atom stereocenters. The summed E-state index contributed by atoms with van der Waals surface area (Å²) in [6.07, 6.45) is 2.91. The second-order valence-electron chi connectivity index (χ2n) is 6.90. The Hall–Kier alpha value is -3.16. The maximum Gasteiger partial charge on any atom is 0.335 e. The molecule has 1 amide bonds. The van der Waals surface area contributed by atoms with Gasteiger partial charge in [-0.05, 0) is 43.4 Å². The molecule has 1 aromatic carbocycles. The van der Waals surface area contributed by atoms with Crippen LogP contribution in [-0.2, 0) is 17.8 Å². The van der Waals surface area contributed by atoms with Crippen molar-refractivity contribution in [1.82, 2.24) is 14.5 Å². The van der Waals surface area contributed by atoms with Crippen LogP contribution < -0.4 is 11.2 Å². The Labute approximate surface area is 155 Å². The van der Waals surface area contributed by atoms with E-state index in [-0.39, 0.29) is 23.9 Å². The predicted octanol–water partition coefficient (Wildman–Crippen LogP) is 0.634. The maximum atomic E-state index is 12.5. The summed E-state index contributed by atoms with van der Waals surface area (Å²) < 4.78 is 1.21. The fraction of sp³-hybridized carbons (Fsp3) is 0.368. The van der Waals surface area contributed by atoms with Crippen molar-refractivity contribution in [3.8, 4) is 0 Å². The van der Waals surface area contributed by atoms with E-state index in [9.17, 15) is 19.2 Å². The first-order valence-electron chi connectivity index (χ1n) is 8.74. The van der Waals surface area contributed by atoms with Crippen molar-refractivity contribution < 1.29 is 14.7 Å². The largest absolute Gasteiger partial charge is 0.478 e. The van der Waals surface area contributed by atoms with Crippen LogP contribution in [0.25, 0.3) is 0 Å². The van der Waals surface area contributed by atoms with E-state index in [0.717, 1.165) is 12.0 Å². The van der Waals surface area contributed by atoms with Gasteiger partial charge >= 0.3 is 11.7 Å². The second-order valence-corrected chi connectivity index (χ2v) is 6.90. The number of carbonyl (C=O) groups is 2. The van der Waals surface area contributed by atoms with Gasteiger partial charge in [0.15, 0.2) is 0 Å². The van der Waals surface area contributed by atoms with Gasteiger partial charge in [-0.1, -0.05) is 12.1 Å². The Balaban J connectivity index is 1.62. The number of amides is 1. The highest BCUT2D eigenvalue weighted by Gasteiger charge is 2.26. The molecule has 8 nitrogen and oxygen atoms in total. The summed E-state index contributed by atoms with van der Waals surface area (Å²) >= 11 is 0. The molecule has 1 saturated heterocycles. The van der Waals surface area contributed by atoms with Crippen LogP contribution in [0.1, 0.15) is 27.9 Å². The minimum absolute atomic E-state index is 0.113. The summed E-state index contributed by atoms with van der Waals surface area (Å²) in [5.74, 6) is -0.890. The molecule has 0 aliphatic carbocycles. The summed E-state index contributed by atoms with van der Waals surface area (Å²) in [6, 6.07) is 6.83. The van der Waals surface area contributed by atoms with E-state index in [1.807, 2.05) is 6.07 Å².